The van der Waals surface area contributed by atoms with E-state index in [0.717, 1.165) is 12.1 Å². The maximum atomic E-state index is 13.1. The number of nitro benzene ring substituents is 1. The van der Waals surface area contributed by atoms with E-state index in [0.29, 0.717) is 34.4 Å². The normalized spacial score (nSPS) is 16.6. The largest absolute Gasteiger partial charge is 0.360 e. The van der Waals surface area contributed by atoms with Gasteiger partial charge in [0.2, 0.25) is 0 Å². The monoisotopic (exact) mass is 415 g/mol. The van der Waals surface area contributed by atoms with Crippen molar-refractivity contribution in [2.45, 2.75) is 33.2 Å². The molecule has 3 rings (SSSR count). The summed E-state index contributed by atoms with van der Waals surface area (Å²) < 4.78 is 5.01. The first-order valence-corrected chi connectivity index (χ1v) is 9.50. The lowest BCUT2D eigenvalue weighted by Gasteiger charge is -2.37. The molecule has 152 valence electrons. The van der Waals surface area contributed by atoms with E-state index in [1.165, 1.54) is 12.1 Å². The minimum absolute atomic E-state index is 0.0236. The summed E-state index contributed by atoms with van der Waals surface area (Å²) in [6.45, 7) is 6.25. The van der Waals surface area contributed by atoms with E-state index in [1.54, 1.807) is 25.1 Å². The molecule has 0 saturated carbocycles. The van der Waals surface area contributed by atoms with E-state index in [9.17, 15) is 14.9 Å². The molecule has 10 heteroatoms. The van der Waals surface area contributed by atoms with Crippen LogP contribution in [0.5, 0.6) is 0 Å². The van der Waals surface area contributed by atoms with Gasteiger partial charge in [-0.3, -0.25) is 14.9 Å². The van der Waals surface area contributed by atoms with Gasteiger partial charge < -0.3 is 20.1 Å². The minimum atomic E-state index is -0.551. The third-order valence-corrected chi connectivity index (χ3v) is 4.93. The lowest BCUT2D eigenvalue weighted by Crippen LogP contribution is -2.48. The van der Waals surface area contributed by atoms with Crippen LogP contribution in [-0.2, 0) is 4.79 Å². The van der Waals surface area contributed by atoms with E-state index in [4.69, 9.17) is 16.7 Å². The molecule has 0 spiro atoms. The molecule has 0 saturated heterocycles. The second kappa shape index (κ2) is 8.39. The van der Waals surface area contributed by atoms with Crippen molar-refractivity contribution in [2.24, 2.45) is 0 Å². The Balaban J connectivity index is 2.01. The van der Waals surface area contributed by atoms with Gasteiger partial charge >= 0.3 is 0 Å². The van der Waals surface area contributed by atoms with Gasteiger partial charge in [-0.2, -0.15) is 0 Å². The molecule has 2 heterocycles. The number of non-ortho nitro benzene ring substituents is 1. The molecule has 1 aliphatic heterocycles. The van der Waals surface area contributed by atoms with Crippen molar-refractivity contribution in [3.05, 3.63) is 63.0 Å². The lowest BCUT2D eigenvalue weighted by atomic mass is 9.94. The van der Waals surface area contributed by atoms with Crippen LogP contribution in [0.15, 0.2) is 46.1 Å². The number of aryl methyl sites for hydroxylation is 1. The number of aromatic nitrogens is 1. The Morgan fingerprint density at radius 2 is 2.07 bits per heavy atom. The molecule has 1 atom stereocenters. The van der Waals surface area contributed by atoms with Crippen molar-refractivity contribution in [1.82, 2.24) is 15.4 Å². The summed E-state index contributed by atoms with van der Waals surface area (Å²) in [7, 11) is 0. The SMILES string of the molecule is CCCN1C(=S)NC(c2ccc([N+](=O)[O-])cc2)C(C(=O)Nc2cc(C)on2)=C1C. The molecule has 29 heavy (non-hydrogen) atoms. The van der Waals surface area contributed by atoms with E-state index < -0.39 is 11.0 Å². The van der Waals surface area contributed by atoms with Gasteiger partial charge in [0, 0.05) is 30.4 Å². The van der Waals surface area contributed by atoms with Gasteiger partial charge in [-0.05, 0) is 50.2 Å². The summed E-state index contributed by atoms with van der Waals surface area (Å²) in [4.78, 5) is 25.5. The summed E-state index contributed by atoms with van der Waals surface area (Å²) in [6.07, 6.45) is 0.846. The molecule has 1 unspecified atom stereocenters. The highest BCUT2D eigenvalue weighted by Crippen LogP contribution is 2.32. The molecule has 1 aromatic carbocycles. The first kappa shape index (κ1) is 20.5. The molecule has 0 fully saturated rings. The number of carbonyl (C=O) groups is 1. The fraction of sp³-hybridized carbons (Fsp3) is 0.316. The number of anilines is 1. The third kappa shape index (κ3) is 4.27. The molecule has 0 bridgehead atoms. The van der Waals surface area contributed by atoms with Crippen molar-refractivity contribution in [3.8, 4) is 0 Å². The van der Waals surface area contributed by atoms with Crippen LogP contribution >= 0.6 is 12.2 Å². The Morgan fingerprint density at radius 1 is 1.38 bits per heavy atom. The van der Waals surface area contributed by atoms with Crippen LogP contribution in [0.3, 0.4) is 0 Å². The number of carbonyl (C=O) groups excluding carboxylic acids is 1. The van der Waals surface area contributed by atoms with Crippen LogP contribution in [0.4, 0.5) is 11.5 Å². The Labute approximate surface area is 172 Å². The molecule has 0 radical (unpaired) electrons. The number of amides is 1. The Kier molecular flexibility index (Phi) is 5.92. The number of rotatable bonds is 6. The number of hydrogen-bond acceptors (Lipinski definition) is 6. The zero-order chi connectivity index (χ0) is 21.1. The topological polar surface area (TPSA) is 114 Å². The van der Waals surface area contributed by atoms with Crippen molar-refractivity contribution in [1.29, 1.82) is 0 Å². The maximum Gasteiger partial charge on any atom is 0.269 e. The van der Waals surface area contributed by atoms with Crippen molar-refractivity contribution in [2.75, 3.05) is 11.9 Å². The number of benzene rings is 1. The van der Waals surface area contributed by atoms with Gasteiger partial charge in [-0.1, -0.05) is 12.1 Å². The van der Waals surface area contributed by atoms with Crippen LogP contribution in [0.2, 0.25) is 0 Å². The summed E-state index contributed by atoms with van der Waals surface area (Å²) in [5.41, 5.74) is 1.85. The van der Waals surface area contributed by atoms with Gasteiger partial charge in [0.1, 0.15) is 5.76 Å². The standard InChI is InChI=1S/C19H21N5O4S/c1-4-9-23-12(3)16(18(25)20-15-10-11(2)28-22-15)17(21-19(23)29)13-5-7-14(8-6-13)24(26)27/h5-8,10,17H,4,9H2,1-3H3,(H,21,29)(H,20,22,25). The van der Waals surface area contributed by atoms with Crippen LogP contribution < -0.4 is 10.6 Å². The number of allylic oxidation sites excluding steroid dienone is 1. The zero-order valence-electron chi connectivity index (χ0n) is 16.3. The second-order valence-electron chi connectivity index (χ2n) is 6.66. The molecule has 1 aliphatic rings. The molecule has 9 nitrogen and oxygen atoms in total. The number of nitrogens with zero attached hydrogens (tertiary/aromatic N) is 3. The van der Waals surface area contributed by atoms with Gasteiger partial charge in [0.15, 0.2) is 10.9 Å². The smallest absolute Gasteiger partial charge is 0.269 e. The summed E-state index contributed by atoms with van der Waals surface area (Å²) in [5.74, 6) is 0.536. The Bertz CT molecular complexity index is 983. The molecular weight excluding hydrogens is 394 g/mol. The van der Waals surface area contributed by atoms with Crippen molar-refractivity contribution < 1.29 is 14.2 Å². The minimum Gasteiger partial charge on any atom is -0.360 e. The molecule has 0 aliphatic carbocycles. The first-order chi connectivity index (χ1) is 13.8. The second-order valence-corrected chi connectivity index (χ2v) is 7.05. The average molecular weight is 415 g/mol. The summed E-state index contributed by atoms with van der Waals surface area (Å²) >= 11 is 5.50. The quantitative estimate of drug-likeness (QED) is 0.419. The van der Waals surface area contributed by atoms with Crippen molar-refractivity contribution >= 4 is 34.7 Å². The third-order valence-electron chi connectivity index (χ3n) is 4.59. The summed E-state index contributed by atoms with van der Waals surface area (Å²) in [6, 6.07) is 7.13. The van der Waals surface area contributed by atoms with E-state index in [2.05, 4.69) is 15.8 Å². The van der Waals surface area contributed by atoms with Crippen LogP contribution in [0.25, 0.3) is 0 Å². The van der Waals surface area contributed by atoms with E-state index in [-0.39, 0.29) is 11.6 Å². The fourth-order valence-corrected chi connectivity index (χ4v) is 3.56. The molecule has 1 aromatic heterocycles. The van der Waals surface area contributed by atoms with E-state index >= 15 is 0 Å². The highest BCUT2D eigenvalue weighted by atomic mass is 32.1. The summed E-state index contributed by atoms with van der Waals surface area (Å²) in [5, 5.41) is 21.2. The number of nitrogens with one attached hydrogen (secondary N) is 2. The Hall–Kier alpha value is -3.27. The van der Waals surface area contributed by atoms with Crippen LogP contribution in [-0.4, -0.2) is 32.5 Å². The van der Waals surface area contributed by atoms with Gasteiger partial charge in [0.05, 0.1) is 16.5 Å². The van der Waals surface area contributed by atoms with Gasteiger partial charge in [0.25, 0.3) is 11.6 Å². The van der Waals surface area contributed by atoms with Crippen molar-refractivity contribution in [3.63, 3.8) is 0 Å². The van der Waals surface area contributed by atoms with E-state index in [1.807, 2.05) is 18.7 Å². The van der Waals surface area contributed by atoms with Gasteiger partial charge in [-0.25, -0.2) is 0 Å². The zero-order valence-corrected chi connectivity index (χ0v) is 17.1. The highest BCUT2D eigenvalue weighted by Gasteiger charge is 2.34. The Morgan fingerprint density at radius 3 is 2.62 bits per heavy atom. The molecule has 1 amide bonds. The van der Waals surface area contributed by atoms with Gasteiger partial charge in [-0.15, -0.1) is 0 Å². The predicted octanol–water partition coefficient (Wildman–Crippen LogP) is 3.45. The molecular formula is C19H21N5O4S. The van der Waals surface area contributed by atoms with Crippen LogP contribution in [0.1, 0.15) is 37.6 Å². The average Bonchev–Trinajstić information content (AvgIpc) is 3.09. The highest BCUT2D eigenvalue weighted by molar-refractivity contribution is 7.80. The fourth-order valence-electron chi connectivity index (χ4n) is 3.22. The maximum absolute atomic E-state index is 13.1. The number of nitro groups is 1. The molecule has 2 N–H and O–H groups in total. The predicted molar refractivity (Wildman–Crippen MR) is 111 cm³/mol. The lowest BCUT2D eigenvalue weighted by molar-refractivity contribution is -0.384. The van der Waals surface area contributed by atoms with Crippen LogP contribution in [0, 0.1) is 17.0 Å². The molecule has 2 aromatic rings. The number of hydrogen-bond donors (Lipinski definition) is 2. The first-order valence-electron chi connectivity index (χ1n) is 9.09. The number of thiocarbonyl (C=S) groups is 1.